The molecule has 4 atom stereocenters. The highest BCUT2D eigenvalue weighted by Crippen LogP contribution is 2.54. The van der Waals surface area contributed by atoms with Crippen LogP contribution in [-0.4, -0.2) is 11.8 Å². The highest BCUT2D eigenvalue weighted by molar-refractivity contribution is 6.30. The molecule has 4 unspecified atom stereocenters. The van der Waals surface area contributed by atoms with Crippen molar-refractivity contribution in [2.24, 2.45) is 23.7 Å². The number of amides is 2. The standard InChI is InChI=1S/C25H17NO2/c27-24-22-16-6-7-17(12-16)23(22)25(28)26(24)19-11-9-15-5-4-13-2-1-3-14-8-10-18(19)21(15)20(13)14/h1-11,16-17,22-23H,12H2. The number of fused-ring (bicyclic) bond motifs is 5. The van der Waals surface area contributed by atoms with E-state index in [1.54, 1.807) is 0 Å². The lowest BCUT2D eigenvalue weighted by Gasteiger charge is -2.21. The Morgan fingerprint density at radius 2 is 1.25 bits per heavy atom. The van der Waals surface area contributed by atoms with Crippen molar-refractivity contribution in [1.82, 2.24) is 0 Å². The van der Waals surface area contributed by atoms with Gasteiger partial charge in [-0.25, -0.2) is 4.90 Å². The van der Waals surface area contributed by atoms with E-state index in [0.29, 0.717) is 0 Å². The molecule has 3 heteroatoms. The summed E-state index contributed by atoms with van der Waals surface area (Å²) in [6.45, 7) is 0. The molecule has 2 bridgehead atoms. The molecular formula is C25H17NO2. The van der Waals surface area contributed by atoms with Gasteiger partial charge in [0.1, 0.15) is 0 Å². The molecule has 28 heavy (non-hydrogen) atoms. The number of anilines is 1. The number of imide groups is 1. The minimum absolute atomic E-state index is 0.0121. The third kappa shape index (κ3) is 1.58. The Labute approximate surface area is 161 Å². The van der Waals surface area contributed by atoms with Gasteiger partial charge in [0, 0.05) is 5.39 Å². The smallest absolute Gasteiger partial charge is 0.238 e. The Balaban J connectivity index is 1.51. The molecule has 1 saturated heterocycles. The number of hydrogen-bond acceptors (Lipinski definition) is 2. The van der Waals surface area contributed by atoms with Crippen LogP contribution in [0.15, 0.2) is 66.7 Å². The van der Waals surface area contributed by atoms with Gasteiger partial charge < -0.3 is 0 Å². The van der Waals surface area contributed by atoms with Crippen LogP contribution in [0.1, 0.15) is 6.42 Å². The van der Waals surface area contributed by atoms with Gasteiger partial charge in [0.2, 0.25) is 11.8 Å². The number of benzene rings is 4. The average molecular weight is 363 g/mol. The summed E-state index contributed by atoms with van der Waals surface area (Å²) in [7, 11) is 0. The van der Waals surface area contributed by atoms with Crippen LogP contribution in [0.3, 0.4) is 0 Å². The van der Waals surface area contributed by atoms with Crippen LogP contribution in [0, 0.1) is 23.7 Å². The zero-order valence-electron chi connectivity index (χ0n) is 15.1. The predicted molar refractivity (Wildman–Crippen MR) is 110 cm³/mol. The fourth-order valence-electron chi connectivity index (χ4n) is 6.05. The van der Waals surface area contributed by atoms with Crippen molar-refractivity contribution in [3.05, 3.63) is 66.7 Å². The summed E-state index contributed by atoms with van der Waals surface area (Å²) in [4.78, 5) is 28.1. The van der Waals surface area contributed by atoms with Crippen LogP contribution >= 0.6 is 0 Å². The van der Waals surface area contributed by atoms with Crippen molar-refractivity contribution < 1.29 is 9.59 Å². The molecule has 134 valence electrons. The fraction of sp³-hybridized carbons (Fsp3) is 0.200. The Bertz CT molecular complexity index is 1320. The van der Waals surface area contributed by atoms with E-state index >= 15 is 0 Å². The molecule has 7 rings (SSSR count). The van der Waals surface area contributed by atoms with Crippen LogP contribution in [0.4, 0.5) is 5.69 Å². The Morgan fingerprint density at radius 1 is 0.679 bits per heavy atom. The van der Waals surface area contributed by atoms with Crippen LogP contribution < -0.4 is 4.90 Å². The summed E-state index contributed by atoms with van der Waals surface area (Å²) in [5.41, 5.74) is 0.745. The molecular weight excluding hydrogens is 346 g/mol. The van der Waals surface area contributed by atoms with E-state index in [1.165, 1.54) is 21.1 Å². The Kier molecular flexibility index (Phi) is 2.54. The second-order valence-corrected chi connectivity index (χ2v) is 8.45. The summed E-state index contributed by atoms with van der Waals surface area (Å²) < 4.78 is 0. The van der Waals surface area contributed by atoms with Crippen molar-refractivity contribution in [1.29, 1.82) is 0 Å². The third-order valence-electron chi connectivity index (χ3n) is 7.22. The lowest BCUT2D eigenvalue weighted by molar-refractivity contribution is -0.123. The molecule has 0 spiro atoms. The second-order valence-electron chi connectivity index (χ2n) is 8.45. The molecule has 0 N–H and O–H groups in total. The molecule has 0 radical (unpaired) electrons. The van der Waals surface area contributed by atoms with Crippen molar-refractivity contribution >= 4 is 49.8 Å². The third-order valence-corrected chi connectivity index (χ3v) is 7.22. The summed E-state index contributed by atoms with van der Waals surface area (Å²) >= 11 is 0. The van der Waals surface area contributed by atoms with E-state index in [0.717, 1.165) is 28.3 Å². The molecule has 1 saturated carbocycles. The average Bonchev–Trinajstić information content (AvgIpc) is 3.40. The molecule has 2 amide bonds. The van der Waals surface area contributed by atoms with Gasteiger partial charge in [-0.05, 0) is 51.3 Å². The maximum atomic E-state index is 13.3. The molecule has 4 aromatic carbocycles. The highest BCUT2D eigenvalue weighted by Gasteiger charge is 2.59. The molecule has 2 aliphatic carbocycles. The lowest BCUT2D eigenvalue weighted by Crippen LogP contribution is -2.33. The van der Waals surface area contributed by atoms with Crippen LogP contribution in [-0.2, 0) is 9.59 Å². The predicted octanol–water partition coefficient (Wildman–Crippen LogP) is 4.90. The van der Waals surface area contributed by atoms with E-state index in [2.05, 4.69) is 54.6 Å². The first kappa shape index (κ1) is 14.8. The Hall–Kier alpha value is -3.20. The first-order chi connectivity index (χ1) is 13.7. The van der Waals surface area contributed by atoms with Crippen molar-refractivity contribution in [3.63, 3.8) is 0 Å². The summed E-state index contributed by atoms with van der Waals surface area (Å²) in [5, 5.41) is 6.86. The van der Waals surface area contributed by atoms with Gasteiger partial charge in [0.15, 0.2) is 0 Å². The first-order valence-corrected chi connectivity index (χ1v) is 9.95. The minimum atomic E-state index is -0.166. The maximum Gasteiger partial charge on any atom is 0.238 e. The van der Waals surface area contributed by atoms with Gasteiger partial charge >= 0.3 is 0 Å². The van der Waals surface area contributed by atoms with E-state index in [9.17, 15) is 9.59 Å². The summed E-state index contributed by atoms with van der Waals surface area (Å²) in [5.74, 6) is 0.110. The van der Waals surface area contributed by atoms with E-state index < -0.39 is 0 Å². The van der Waals surface area contributed by atoms with Crippen molar-refractivity contribution in [2.75, 3.05) is 4.90 Å². The molecule has 3 aliphatic rings. The molecule has 2 fully saturated rings. The normalized spacial score (nSPS) is 28.5. The number of nitrogens with zero attached hydrogens (tertiary/aromatic N) is 1. The number of hydrogen-bond donors (Lipinski definition) is 0. The molecule has 3 nitrogen and oxygen atoms in total. The van der Waals surface area contributed by atoms with Crippen LogP contribution in [0.2, 0.25) is 0 Å². The molecule has 1 heterocycles. The number of rotatable bonds is 1. The lowest BCUT2D eigenvalue weighted by atomic mass is 9.85. The summed E-state index contributed by atoms with van der Waals surface area (Å²) in [6, 6.07) is 18.7. The van der Waals surface area contributed by atoms with Gasteiger partial charge in [0.25, 0.3) is 0 Å². The molecule has 1 aliphatic heterocycles. The minimum Gasteiger partial charge on any atom is -0.274 e. The van der Waals surface area contributed by atoms with E-state index in [-0.39, 0.29) is 35.5 Å². The topological polar surface area (TPSA) is 37.4 Å². The highest BCUT2D eigenvalue weighted by atomic mass is 16.2. The van der Waals surface area contributed by atoms with E-state index in [1.807, 2.05) is 12.1 Å². The van der Waals surface area contributed by atoms with Crippen LogP contribution in [0.25, 0.3) is 32.3 Å². The quantitative estimate of drug-likeness (QED) is 0.274. The van der Waals surface area contributed by atoms with Gasteiger partial charge in [0.05, 0.1) is 17.5 Å². The zero-order valence-corrected chi connectivity index (χ0v) is 15.1. The van der Waals surface area contributed by atoms with Gasteiger partial charge in [-0.1, -0.05) is 60.7 Å². The van der Waals surface area contributed by atoms with Gasteiger partial charge in [-0.2, -0.15) is 0 Å². The van der Waals surface area contributed by atoms with Crippen molar-refractivity contribution in [3.8, 4) is 0 Å². The van der Waals surface area contributed by atoms with Gasteiger partial charge in [-0.3, -0.25) is 9.59 Å². The monoisotopic (exact) mass is 363 g/mol. The number of carbonyl (C=O) groups excluding carboxylic acids is 2. The van der Waals surface area contributed by atoms with Gasteiger partial charge in [-0.15, -0.1) is 0 Å². The van der Waals surface area contributed by atoms with Crippen LogP contribution in [0.5, 0.6) is 0 Å². The molecule has 0 aromatic heterocycles. The fourth-order valence-corrected chi connectivity index (χ4v) is 6.05. The zero-order chi connectivity index (χ0) is 18.6. The maximum absolute atomic E-state index is 13.3. The van der Waals surface area contributed by atoms with Crippen molar-refractivity contribution in [2.45, 2.75) is 6.42 Å². The Morgan fingerprint density at radius 3 is 1.93 bits per heavy atom. The largest absolute Gasteiger partial charge is 0.274 e. The number of carbonyl (C=O) groups is 2. The van der Waals surface area contributed by atoms with E-state index in [4.69, 9.17) is 0 Å². The number of allylic oxidation sites excluding steroid dienone is 2. The summed E-state index contributed by atoms with van der Waals surface area (Å²) in [6.07, 6.45) is 5.24. The SMILES string of the molecule is O=C1C2C3C=CC(C3)C2C(=O)N1c1ccc2ccc3cccc4ccc1c2c34. The first-order valence-electron chi connectivity index (χ1n) is 9.95. The molecule has 4 aromatic rings. The second kappa shape index (κ2) is 4.79.